The molecular weight excluding hydrogens is 591 g/mol. The van der Waals surface area contributed by atoms with Crippen molar-refractivity contribution < 1.29 is 9.16 Å². The van der Waals surface area contributed by atoms with Crippen molar-refractivity contribution in [2.45, 2.75) is 77.0 Å². The fraction of sp³-hybridized carbons (Fsp3) is 0.378. The van der Waals surface area contributed by atoms with Crippen LogP contribution in [-0.2, 0) is 17.9 Å². The van der Waals surface area contributed by atoms with E-state index in [2.05, 4.69) is 111 Å². The highest BCUT2D eigenvalue weighted by atomic mass is 28.4. The molecule has 46 heavy (non-hydrogen) atoms. The summed E-state index contributed by atoms with van der Waals surface area (Å²) < 4.78 is 16.8. The van der Waals surface area contributed by atoms with Crippen LogP contribution in [0.4, 0.5) is 11.6 Å². The minimum Gasteiger partial charge on any atom is -0.493 e. The highest BCUT2D eigenvalue weighted by Crippen LogP contribution is 2.41. The summed E-state index contributed by atoms with van der Waals surface area (Å²) in [5.41, 5.74) is 4.51. The first kappa shape index (κ1) is 30.4. The van der Waals surface area contributed by atoms with Gasteiger partial charge in [0.15, 0.2) is 5.65 Å². The number of hydrogen-bond acceptors (Lipinski definition) is 6. The van der Waals surface area contributed by atoms with Crippen molar-refractivity contribution in [1.82, 2.24) is 19.1 Å². The molecule has 7 rings (SSSR count). The number of ether oxygens (including phenoxy) is 1. The Kier molecular flexibility index (Phi) is 7.85. The molecule has 2 aromatic heterocycles. The second kappa shape index (κ2) is 11.9. The number of aromatic nitrogens is 4. The van der Waals surface area contributed by atoms with E-state index in [1.165, 1.54) is 15.9 Å². The van der Waals surface area contributed by atoms with Crippen LogP contribution in [-0.4, -0.2) is 40.1 Å². The van der Waals surface area contributed by atoms with Gasteiger partial charge in [-0.3, -0.25) is 9.13 Å². The van der Waals surface area contributed by atoms with Gasteiger partial charge < -0.3 is 14.5 Å². The van der Waals surface area contributed by atoms with Crippen LogP contribution in [0.15, 0.2) is 83.8 Å². The Balaban J connectivity index is 1.24. The van der Waals surface area contributed by atoms with Crippen LogP contribution in [0.5, 0.6) is 5.75 Å². The molecule has 3 heterocycles. The Morgan fingerprint density at radius 2 is 1.70 bits per heavy atom. The number of rotatable bonds is 7. The van der Waals surface area contributed by atoms with Crippen molar-refractivity contribution >= 4 is 41.5 Å². The lowest BCUT2D eigenvalue weighted by Crippen LogP contribution is -2.68. The first-order chi connectivity index (χ1) is 22.2. The van der Waals surface area contributed by atoms with Crippen molar-refractivity contribution in [3.05, 3.63) is 101 Å². The Labute approximate surface area is 271 Å². The molecule has 0 bridgehead atoms. The van der Waals surface area contributed by atoms with Gasteiger partial charge in [0.05, 0.1) is 12.8 Å². The van der Waals surface area contributed by atoms with Gasteiger partial charge in [0.25, 0.3) is 8.32 Å². The molecule has 2 unspecified atom stereocenters. The normalized spacial score (nSPS) is 18.4. The van der Waals surface area contributed by atoms with Gasteiger partial charge in [0.2, 0.25) is 5.95 Å². The summed E-state index contributed by atoms with van der Waals surface area (Å²) in [5.74, 6) is 1.42. The molecule has 1 fully saturated rings. The van der Waals surface area contributed by atoms with Gasteiger partial charge >= 0.3 is 5.69 Å². The summed E-state index contributed by atoms with van der Waals surface area (Å²) in [6, 6.07) is 25.7. The molecule has 0 amide bonds. The van der Waals surface area contributed by atoms with E-state index in [0.717, 1.165) is 54.6 Å². The number of anilines is 2. The van der Waals surface area contributed by atoms with Crippen molar-refractivity contribution in [3.8, 4) is 5.75 Å². The Hall–Kier alpha value is -4.21. The second-order valence-electron chi connectivity index (χ2n) is 13.8. The molecule has 2 atom stereocenters. The molecule has 1 saturated carbocycles. The molecule has 1 N–H and O–H groups in total. The molecule has 3 aromatic carbocycles. The van der Waals surface area contributed by atoms with E-state index in [1.54, 1.807) is 17.8 Å². The number of hydrogen-bond donors (Lipinski definition) is 1. The lowest BCUT2D eigenvalue weighted by Gasteiger charge is -2.46. The lowest BCUT2D eigenvalue weighted by molar-refractivity contribution is 0.116. The maximum absolute atomic E-state index is 13.8. The minimum atomic E-state index is -2.73. The van der Waals surface area contributed by atoms with E-state index >= 15 is 0 Å². The van der Waals surface area contributed by atoms with Gasteiger partial charge in [-0.2, -0.15) is 4.98 Å². The SMILES string of the molecule is Cc1cc2c(cc1Nc1ncc3c(n1)n(C1CCCC(O[Si](c4ccccc4)(c4ccccc4)C(C)(C)C)C1)c(=O)n3C)CCO2. The van der Waals surface area contributed by atoms with Crippen LogP contribution in [0.3, 0.4) is 0 Å². The Bertz CT molecular complexity index is 1890. The zero-order chi connectivity index (χ0) is 32.1. The summed E-state index contributed by atoms with van der Waals surface area (Å²) in [5, 5.41) is 5.85. The zero-order valence-corrected chi connectivity index (χ0v) is 28.4. The van der Waals surface area contributed by atoms with Gasteiger partial charge in [-0.15, -0.1) is 0 Å². The number of imidazole rings is 1. The van der Waals surface area contributed by atoms with E-state index < -0.39 is 8.32 Å². The third-order valence-electron chi connectivity index (χ3n) is 9.84. The predicted octanol–water partition coefficient (Wildman–Crippen LogP) is 6.18. The number of fused-ring (bicyclic) bond motifs is 2. The maximum atomic E-state index is 13.8. The molecule has 0 saturated heterocycles. The van der Waals surface area contributed by atoms with E-state index in [4.69, 9.17) is 14.1 Å². The highest BCUT2D eigenvalue weighted by molar-refractivity contribution is 6.99. The van der Waals surface area contributed by atoms with E-state index in [0.29, 0.717) is 18.2 Å². The van der Waals surface area contributed by atoms with Crippen LogP contribution >= 0.6 is 0 Å². The first-order valence-corrected chi connectivity index (χ1v) is 18.3. The highest BCUT2D eigenvalue weighted by Gasteiger charge is 2.51. The van der Waals surface area contributed by atoms with E-state index in [1.807, 2.05) is 4.57 Å². The van der Waals surface area contributed by atoms with Crippen LogP contribution in [0.1, 0.15) is 63.6 Å². The summed E-state index contributed by atoms with van der Waals surface area (Å²) in [4.78, 5) is 23.4. The third kappa shape index (κ3) is 5.25. The number of nitrogens with one attached hydrogen (secondary N) is 1. The quantitative estimate of drug-likeness (QED) is 0.216. The lowest BCUT2D eigenvalue weighted by atomic mass is 9.93. The summed E-state index contributed by atoms with van der Waals surface area (Å²) in [6.07, 6.45) is 6.24. The molecule has 9 heteroatoms. The molecule has 8 nitrogen and oxygen atoms in total. The molecule has 2 aliphatic rings. The second-order valence-corrected chi connectivity index (χ2v) is 18.1. The zero-order valence-electron chi connectivity index (χ0n) is 27.4. The van der Waals surface area contributed by atoms with Crippen molar-refractivity contribution in [2.24, 2.45) is 7.05 Å². The average molecular weight is 634 g/mol. The third-order valence-corrected chi connectivity index (χ3v) is 14.9. The summed E-state index contributed by atoms with van der Waals surface area (Å²) >= 11 is 0. The van der Waals surface area contributed by atoms with Crippen LogP contribution in [0, 0.1) is 6.92 Å². The van der Waals surface area contributed by atoms with Gasteiger partial charge in [-0.1, -0.05) is 81.4 Å². The van der Waals surface area contributed by atoms with Gasteiger partial charge in [0.1, 0.15) is 11.3 Å². The van der Waals surface area contributed by atoms with Crippen LogP contribution < -0.4 is 26.1 Å². The van der Waals surface area contributed by atoms with Crippen molar-refractivity contribution in [1.29, 1.82) is 0 Å². The number of nitrogens with zero attached hydrogens (tertiary/aromatic N) is 4. The molecule has 1 aliphatic heterocycles. The number of benzene rings is 3. The van der Waals surface area contributed by atoms with Crippen molar-refractivity contribution in [3.63, 3.8) is 0 Å². The van der Waals surface area contributed by atoms with E-state index in [-0.39, 0.29) is 22.9 Å². The van der Waals surface area contributed by atoms with Gasteiger partial charge in [0, 0.05) is 31.3 Å². The predicted molar refractivity (Wildman–Crippen MR) is 186 cm³/mol. The summed E-state index contributed by atoms with van der Waals surface area (Å²) in [7, 11) is -0.925. The Morgan fingerprint density at radius 1 is 1.00 bits per heavy atom. The van der Waals surface area contributed by atoms with Crippen LogP contribution in [0.25, 0.3) is 11.2 Å². The molecule has 0 spiro atoms. The fourth-order valence-electron chi connectivity index (χ4n) is 7.51. The Morgan fingerprint density at radius 3 is 2.37 bits per heavy atom. The average Bonchev–Trinajstić information content (AvgIpc) is 3.60. The topological polar surface area (TPSA) is 83.2 Å². The largest absolute Gasteiger partial charge is 0.493 e. The standard InChI is InChI=1S/C37H43N5O3Si/c1-25-21-33-26(19-20-44-33)22-31(25)39-35-38-24-32-34(40-35)42(36(43)41(32)5)27-13-12-14-28(23-27)45-46(37(2,3)4,29-15-8-6-9-16-29)30-17-10-7-11-18-30/h6-11,15-18,21-22,24,27-28H,12-14,19-20,23H2,1-5H3,(H,38,39,40). The van der Waals surface area contributed by atoms with Gasteiger partial charge in [-0.25, -0.2) is 9.78 Å². The number of aryl methyl sites for hydroxylation is 2. The molecule has 238 valence electrons. The summed E-state index contributed by atoms with van der Waals surface area (Å²) in [6.45, 7) is 9.70. The molecule has 1 aliphatic carbocycles. The molecular formula is C37H43N5O3Si. The fourth-order valence-corrected chi connectivity index (χ4v) is 12.2. The van der Waals surface area contributed by atoms with E-state index in [9.17, 15) is 4.79 Å². The molecule has 5 aromatic rings. The molecule has 0 radical (unpaired) electrons. The van der Waals surface area contributed by atoms with Crippen LogP contribution in [0.2, 0.25) is 5.04 Å². The first-order valence-electron chi connectivity index (χ1n) is 16.4. The van der Waals surface area contributed by atoms with Gasteiger partial charge in [-0.05, 0) is 71.3 Å². The monoisotopic (exact) mass is 633 g/mol. The van der Waals surface area contributed by atoms with Crippen molar-refractivity contribution in [2.75, 3.05) is 11.9 Å². The maximum Gasteiger partial charge on any atom is 0.330 e. The minimum absolute atomic E-state index is 0.00271. The smallest absolute Gasteiger partial charge is 0.330 e.